The number of esters is 1. The summed E-state index contributed by atoms with van der Waals surface area (Å²) in [7, 11) is -3.69. The lowest BCUT2D eigenvalue weighted by molar-refractivity contribution is -0.119. The Morgan fingerprint density at radius 3 is 2.55 bits per heavy atom. The van der Waals surface area contributed by atoms with Gasteiger partial charge in [-0.15, -0.1) is 5.10 Å². The van der Waals surface area contributed by atoms with E-state index in [0.717, 1.165) is 0 Å². The molecule has 1 aromatic heterocycles. The minimum atomic E-state index is -3.69. The summed E-state index contributed by atoms with van der Waals surface area (Å²) in [5.41, 5.74) is 1.63. The van der Waals surface area contributed by atoms with Crippen LogP contribution in [0.4, 0.5) is 5.69 Å². The van der Waals surface area contributed by atoms with Gasteiger partial charge in [-0.25, -0.2) is 17.9 Å². The smallest absolute Gasteiger partial charge is 0.338 e. The molecule has 1 N–H and O–H groups in total. The van der Waals surface area contributed by atoms with Crippen LogP contribution in [0.25, 0.3) is 5.69 Å². The summed E-state index contributed by atoms with van der Waals surface area (Å²) in [6, 6.07) is 11.0. The molecule has 3 rings (SSSR count). The third-order valence-corrected chi connectivity index (χ3v) is 7.02. The highest BCUT2D eigenvalue weighted by Gasteiger charge is 2.24. The van der Waals surface area contributed by atoms with E-state index in [1.54, 1.807) is 51.1 Å². The zero-order valence-electron chi connectivity index (χ0n) is 18.4. The Morgan fingerprint density at radius 1 is 1.12 bits per heavy atom. The molecule has 3 aromatic rings. The molecule has 0 saturated carbocycles. The molecule has 0 aliphatic rings. The normalized spacial score (nSPS) is 11.4. The van der Waals surface area contributed by atoms with E-state index >= 15 is 0 Å². The highest BCUT2D eigenvalue weighted by atomic mass is 32.2. The van der Waals surface area contributed by atoms with Crippen LogP contribution in [-0.2, 0) is 19.6 Å². The first-order valence-corrected chi connectivity index (χ1v) is 11.6. The molecule has 174 valence electrons. The van der Waals surface area contributed by atoms with E-state index in [1.807, 2.05) is 0 Å². The Balaban J connectivity index is 1.66. The molecule has 0 saturated heterocycles. The third kappa shape index (κ3) is 5.59. The fourth-order valence-corrected chi connectivity index (χ4v) is 4.83. The number of carbonyl (C=O) groups is 2. The quantitative estimate of drug-likeness (QED) is 0.466. The van der Waals surface area contributed by atoms with E-state index in [9.17, 15) is 18.0 Å². The van der Waals surface area contributed by atoms with E-state index in [-0.39, 0.29) is 16.1 Å². The van der Waals surface area contributed by atoms with Crippen LogP contribution >= 0.6 is 0 Å². The molecule has 12 heteroatoms. The van der Waals surface area contributed by atoms with Crippen molar-refractivity contribution in [3.8, 4) is 5.69 Å². The van der Waals surface area contributed by atoms with Gasteiger partial charge >= 0.3 is 5.97 Å². The lowest BCUT2D eigenvalue weighted by atomic mass is 10.2. The monoisotopic (exact) mass is 472 g/mol. The van der Waals surface area contributed by atoms with Gasteiger partial charge in [0, 0.05) is 18.8 Å². The second-order valence-electron chi connectivity index (χ2n) is 7.00. The maximum Gasteiger partial charge on any atom is 0.338 e. The van der Waals surface area contributed by atoms with Crippen molar-refractivity contribution in [1.29, 1.82) is 0 Å². The third-order valence-electron chi connectivity index (χ3n) is 4.82. The number of aromatic nitrogens is 4. The fourth-order valence-electron chi connectivity index (χ4n) is 3.12. The minimum Gasteiger partial charge on any atom is -0.452 e. The van der Waals surface area contributed by atoms with Gasteiger partial charge in [-0.1, -0.05) is 26.0 Å². The lowest BCUT2D eigenvalue weighted by Crippen LogP contribution is -2.31. The van der Waals surface area contributed by atoms with Crippen LogP contribution in [0.15, 0.2) is 53.7 Å². The van der Waals surface area contributed by atoms with Crippen LogP contribution < -0.4 is 5.32 Å². The number of carbonyl (C=O) groups excluding carboxylic acids is 2. The van der Waals surface area contributed by atoms with Gasteiger partial charge in [-0.3, -0.25) is 4.79 Å². The standard InChI is InChI=1S/C21H24N6O5S/c1-4-26(5-2)33(30,31)19-12-17(10-9-15(19)3)23-20(28)13-32-21(29)16-7-6-8-18(11-16)27-14-22-24-25-27/h6-12,14H,4-5,13H2,1-3H3,(H,23,28). The average molecular weight is 473 g/mol. The second kappa shape index (κ2) is 10.3. The van der Waals surface area contributed by atoms with Crippen molar-refractivity contribution in [2.45, 2.75) is 25.7 Å². The van der Waals surface area contributed by atoms with Crippen molar-refractivity contribution < 1.29 is 22.7 Å². The number of hydrogen-bond acceptors (Lipinski definition) is 8. The number of tetrazole rings is 1. The maximum absolute atomic E-state index is 12.9. The van der Waals surface area contributed by atoms with Gasteiger partial charge < -0.3 is 10.1 Å². The number of hydrogen-bond donors (Lipinski definition) is 1. The summed E-state index contributed by atoms with van der Waals surface area (Å²) in [5, 5.41) is 13.4. The summed E-state index contributed by atoms with van der Waals surface area (Å²) in [6.07, 6.45) is 1.38. The number of sulfonamides is 1. The van der Waals surface area contributed by atoms with Gasteiger partial charge in [0.05, 0.1) is 16.1 Å². The van der Waals surface area contributed by atoms with Crippen LogP contribution in [0.1, 0.15) is 29.8 Å². The molecular weight excluding hydrogens is 448 g/mol. The molecule has 0 aliphatic heterocycles. The van der Waals surface area contributed by atoms with Crippen LogP contribution in [0.3, 0.4) is 0 Å². The molecule has 0 bridgehead atoms. The van der Waals surface area contributed by atoms with E-state index < -0.39 is 28.5 Å². The maximum atomic E-state index is 12.9. The second-order valence-corrected chi connectivity index (χ2v) is 8.90. The Hall–Kier alpha value is -3.64. The van der Waals surface area contributed by atoms with Crippen molar-refractivity contribution in [1.82, 2.24) is 24.5 Å². The zero-order chi connectivity index (χ0) is 24.0. The number of benzene rings is 2. The molecule has 11 nitrogen and oxygen atoms in total. The van der Waals surface area contributed by atoms with Crippen molar-refractivity contribution in [2.75, 3.05) is 25.0 Å². The summed E-state index contributed by atoms with van der Waals surface area (Å²) in [4.78, 5) is 24.8. The van der Waals surface area contributed by atoms with Crippen molar-refractivity contribution >= 4 is 27.6 Å². The van der Waals surface area contributed by atoms with Crippen molar-refractivity contribution in [3.05, 3.63) is 59.9 Å². The fraction of sp³-hybridized carbons (Fsp3) is 0.286. The summed E-state index contributed by atoms with van der Waals surface area (Å²) in [5.74, 6) is -1.30. The number of anilines is 1. The van der Waals surface area contributed by atoms with Gasteiger partial charge in [0.15, 0.2) is 6.61 Å². The predicted molar refractivity (Wildman–Crippen MR) is 119 cm³/mol. The summed E-state index contributed by atoms with van der Waals surface area (Å²) >= 11 is 0. The van der Waals surface area contributed by atoms with Crippen LogP contribution in [-0.4, -0.2) is 64.5 Å². The number of rotatable bonds is 9. The van der Waals surface area contributed by atoms with Crippen LogP contribution in [0, 0.1) is 6.92 Å². The summed E-state index contributed by atoms with van der Waals surface area (Å²) in [6.45, 7) is 5.33. The van der Waals surface area contributed by atoms with E-state index in [1.165, 1.54) is 27.4 Å². The number of ether oxygens (including phenoxy) is 1. The molecule has 0 radical (unpaired) electrons. The Morgan fingerprint density at radius 2 is 1.88 bits per heavy atom. The number of nitrogens with zero attached hydrogens (tertiary/aromatic N) is 5. The Kier molecular flexibility index (Phi) is 7.51. The van der Waals surface area contributed by atoms with Gasteiger partial charge in [0.25, 0.3) is 5.91 Å². The predicted octanol–water partition coefficient (Wildman–Crippen LogP) is 1.80. The van der Waals surface area contributed by atoms with Gasteiger partial charge in [-0.2, -0.15) is 4.31 Å². The van der Waals surface area contributed by atoms with Crippen molar-refractivity contribution in [2.24, 2.45) is 0 Å². The van der Waals surface area contributed by atoms with Crippen molar-refractivity contribution in [3.63, 3.8) is 0 Å². The first-order valence-electron chi connectivity index (χ1n) is 10.2. The molecule has 0 atom stereocenters. The van der Waals surface area contributed by atoms with Gasteiger partial charge in [-0.05, 0) is 53.2 Å². The molecule has 0 fully saturated rings. The largest absolute Gasteiger partial charge is 0.452 e. The number of nitrogens with one attached hydrogen (secondary N) is 1. The molecule has 2 aromatic carbocycles. The lowest BCUT2D eigenvalue weighted by Gasteiger charge is -2.20. The molecule has 0 aliphatic carbocycles. The average Bonchev–Trinajstić information content (AvgIpc) is 3.34. The number of amides is 1. The van der Waals surface area contributed by atoms with Crippen LogP contribution in [0.5, 0.6) is 0 Å². The molecule has 0 unspecified atom stereocenters. The van der Waals surface area contributed by atoms with E-state index in [0.29, 0.717) is 24.3 Å². The number of aryl methyl sites for hydroxylation is 1. The first kappa shape index (κ1) is 24.0. The molecule has 33 heavy (non-hydrogen) atoms. The van der Waals surface area contributed by atoms with Crippen LogP contribution in [0.2, 0.25) is 0 Å². The molecule has 1 amide bonds. The Bertz CT molecular complexity index is 1240. The molecular formula is C21H24N6O5S. The SMILES string of the molecule is CCN(CC)S(=O)(=O)c1cc(NC(=O)COC(=O)c2cccc(-n3cnnn3)c2)ccc1C. The minimum absolute atomic E-state index is 0.111. The van der Waals surface area contributed by atoms with E-state index in [4.69, 9.17) is 4.74 Å². The summed E-state index contributed by atoms with van der Waals surface area (Å²) < 4.78 is 33.5. The zero-order valence-corrected chi connectivity index (χ0v) is 19.2. The van der Waals surface area contributed by atoms with E-state index in [2.05, 4.69) is 20.8 Å². The molecule has 0 spiro atoms. The van der Waals surface area contributed by atoms with Gasteiger partial charge in [0.1, 0.15) is 6.33 Å². The molecule has 1 heterocycles. The Labute approximate surface area is 191 Å². The first-order chi connectivity index (χ1) is 15.8. The highest BCUT2D eigenvalue weighted by Crippen LogP contribution is 2.23. The topological polar surface area (TPSA) is 136 Å². The highest BCUT2D eigenvalue weighted by molar-refractivity contribution is 7.89. The van der Waals surface area contributed by atoms with Gasteiger partial charge in [0.2, 0.25) is 10.0 Å².